The molecule has 2 aromatic rings. The Morgan fingerprint density at radius 2 is 2.28 bits per heavy atom. The standard InChI is InChI=1S/C18H19FN4OS/c1-2-9-25-18-21-17-20-13-7-4-8-14(24)15(13)16(23(17)22-18)11-5-3-6-12(19)10-11/h3,5-6,10,16H,2,4,7-9H2,1H3,(H,20,21,22). The fourth-order valence-electron chi connectivity index (χ4n) is 3.38. The lowest BCUT2D eigenvalue weighted by atomic mass is 9.85. The second kappa shape index (κ2) is 6.63. The minimum atomic E-state index is -0.418. The molecule has 4 rings (SSSR count). The van der Waals surface area contributed by atoms with Crippen molar-refractivity contribution in [3.63, 3.8) is 0 Å². The summed E-state index contributed by atoms with van der Waals surface area (Å²) in [6.45, 7) is 2.11. The lowest BCUT2D eigenvalue weighted by Crippen LogP contribution is -2.31. The van der Waals surface area contributed by atoms with Gasteiger partial charge in [-0.3, -0.25) is 4.79 Å². The van der Waals surface area contributed by atoms with Gasteiger partial charge >= 0.3 is 0 Å². The highest BCUT2D eigenvalue weighted by atomic mass is 32.2. The summed E-state index contributed by atoms with van der Waals surface area (Å²) >= 11 is 1.59. The number of nitrogens with one attached hydrogen (secondary N) is 1. The van der Waals surface area contributed by atoms with Crippen LogP contribution in [0.15, 0.2) is 40.7 Å². The van der Waals surface area contributed by atoms with Crippen LogP contribution in [0.2, 0.25) is 0 Å². The molecule has 1 aromatic heterocycles. The van der Waals surface area contributed by atoms with Crippen molar-refractivity contribution in [2.45, 2.75) is 43.8 Å². The molecule has 1 atom stereocenters. The summed E-state index contributed by atoms with van der Waals surface area (Å²) in [6.07, 6.45) is 3.18. The van der Waals surface area contributed by atoms with E-state index in [-0.39, 0.29) is 11.6 Å². The van der Waals surface area contributed by atoms with Gasteiger partial charge in [0.15, 0.2) is 5.78 Å². The van der Waals surface area contributed by atoms with Crippen LogP contribution in [-0.4, -0.2) is 26.3 Å². The third-order valence-electron chi connectivity index (χ3n) is 4.45. The van der Waals surface area contributed by atoms with Crippen LogP contribution in [0.4, 0.5) is 10.3 Å². The maximum atomic E-state index is 13.8. The Kier molecular flexibility index (Phi) is 4.33. The molecule has 2 heterocycles. The van der Waals surface area contributed by atoms with Gasteiger partial charge in [0.25, 0.3) is 0 Å². The number of hydrogen-bond acceptors (Lipinski definition) is 5. The summed E-state index contributed by atoms with van der Waals surface area (Å²) in [5.74, 6) is 1.34. The topological polar surface area (TPSA) is 59.8 Å². The number of allylic oxidation sites excluding steroid dienone is 2. The molecule has 1 aliphatic heterocycles. The number of Topliss-reactive ketones (excluding diaryl/α,β-unsaturated/α-hetero) is 1. The Hall–Kier alpha value is -2.15. The second-order valence-electron chi connectivity index (χ2n) is 6.26. The van der Waals surface area contributed by atoms with Gasteiger partial charge < -0.3 is 5.32 Å². The van der Waals surface area contributed by atoms with Gasteiger partial charge in [-0.15, -0.1) is 5.10 Å². The summed E-state index contributed by atoms with van der Waals surface area (Å²) in [5.41, 5.74) is 2.32. The molecule has 1 N–H and O–H groups in total. The average Bonchev–Trinajstić information content (AvgIpc) is 3.00. The lowest BCUT2D eigenvalue weighted by Gasteiger charge is -2.32. The Morgan fingerprint density at radius 1 is 1.40 bits per heavy atom. The van der Waals surface area contributed by atoms with Crippen molar-refractivity contribution in [2.75, 3.05) is 11.1 Å². The van der Waals surface area contributed by atoms with Crippen molar-refractivity contribution in [3.05, 3.63) is 46.9 Å². The van der Waals surface area contributed by atoms with Crippen molar-refractivity contribution >= 4 is 23.5 Å². The molecule has 0 saturated carbocycles. The highest BCUT2D eigenvalue weighted by Crippen LogP contribution is 2.40. The van der Waals surface area contributed by atoms with Crippen LogP contribution in [-0.2, 0) is 4.79 Å². The molecule has 0 fully saturated rings. The molecule has 0 bridgehead atoms. The molecule has 130 valence electrons. The largest absolute Gasteiger partial charge is 0.328 e. The van der Waals surface area contributed by atoms with E-state index < -0.39 is 6.04 Å². The molecule has 0 saturated heterocycles. The smallest absolute Gasteiger partial charge is 0.227 e. The number of carbonyl (C=O) groups is 1. The maximum absolute atomic E-state index is 13.8. The van der Waals surface area contributed by atoms with Crippen molar-refractivity contribution in [2.24, 2.45) is 0 Å². The number of hydrogen-bond donors (Lipinski definition) is 1. The molecule has 7 heteroatoms. The third-order valence-corrected chi connectivity index (χ3v) is 5.49. The normalized spacial score (nSPS) is 19.4. The molecule has 1 aromatic carbocycles. The van der Waals surface area contributed by atoms with Gasteiger partial charge in [-0.1, -0.05) is 30.8 Å². The van der Waals surface area contributed by atoms with Crippen molar-refractivity contribution in [3.8, 4) is 0 Å². The molecule has 1 aliphatic carbocycles. The zero-order chi connectivity index (χ0) is 17.4. The summed E-state index contributed by atoms with van der Waals surface area (Å²) in [6, 6.07) is 5.98. The highest BCUT2D eigenvalue weighted by molar-refractivity contribution is 7.99. The van der Waals surface area contributed by atoms with Crippen LogP contribution in [0, 0.1) is 5.82 Å². The van der Waals surface area contributed by atoms with E-state index in [0.29, 0.717) is 23.1 Å². The average molecular weight is 358 g/mol. The fourth-order valence-corrected chi connectivity index (χ4v) is 4.06. The van der Waals surface area contributed by atoms with Gasteiger partial charge in [0.05, 0.1) is 0 Å². The number of fused-ring (bicyclic) bond motifs is 1. The molecular weight excluding hydrogens is 339 g/mol. The molecule has 0 spiro atoms. The van der Waals surface area contributed by atoms with Crippen LogP contribution < -0.4 is 5.32 Å². The summed E-state index contributed by atoms with van der Waals surface area (Å²) < 4.78 is 15.6. The van der Waals surface area contributed by atoms with Gasteiger partial charge in [-0.05, 0) is 37.0 Å². The van der Waals surface area contributed by atoms with E-state index in [1.54, 1.807) is 22.5 Å². The van der Waals surface area contributed by atoms with Gasteiger partial charge in [0, 0.05) is 23.4 Å². The lowest BCUT2D eigenvalue weighted by molar-refractivity contribution is -0.116. The van der Waals surface area contributed by atoms with E-state index in [1.807, 2.05) is 6.07 Å². The quantitative estimate of drug-likeness (QED) is 0.839. The first kappa shape index (κ1) is 16.3. The van der Waals surface area contributed by atoms with E-state index in [2.05, 4.69) is 22.3 Å². The Bertz CT molecular complexity index is 861. The molecule has 5 nitrogen and oxygen atoms in total. The van der Waals surface area contributed by atoms with Crippen LogP contribution in [0.3, 0.4) is 0 Å². The summed E-state index contributed by atoms with van der Waals surface area (Å²) in [7, 11) is 0. The van der Waals surface area contributed by atoms with Crippen LogP contribution in [0.5, 0.6) is 0 Å². The first-order chi connectivity index (χ1) is 12.2. The van der Waals surface area contributed by atoms with Gasteiger partial charge in [-0.25, -0.2) is 9.07 Å². The zero-order valence-electron chi connectivity index (χ0n) is 14.0. The maximum Gasteiger partial charge on any atom is 0.227 e. The SMILES string of the molecule is CCCSc1nc2n(n1)C(c1cccc(F)c1)C1=C(CCCC1=O)N2. The number of carbonyl (C=O) groups excluding carboxylic acids is 1. The van der Waals surface area contributed by atoms with E-state index >= 15 is 0 Å². The molecule has 2 aliphatic rings. The van der Waals surface area contributed by atoms with Gasteiger partial charge in [0.1, 0.15) is 11.9 Å². The first-order valence-corrected chi connectivity index (χ1v) is 9.54. The molecule has 25 heavy (non-hydrogen) atoms. The van der Waals surface area contributed by atoms with Gasteiger partial charge in [0.2, 0.25) is 11.1 Å². The third kappa shape index (κ3) is 2.97. The molecule has 0 radical (unpaired) electrons. The number of thioether (sulfide) groups is 1. The molecule has 1 unspecified atom stereocenters. The Balaban J connectivity index is 1.83. The van der Waals surface area contributed by atoms with E-state index in [1.165, 1.54) is 12.1 Å². The van der Waals surface area contributed by atoms with Crippen LogP contribution in [0.1, 0.15) is 44.2 Å². The summed E-state index contributed by atoms with van der Waals surface area (Å²) in [4.78, 5) is 17.2. The van der Waals surface area contributed by atoms with Crippen LogP contribution in [0.25, 0.3) is 0 Å². The predicted octanol–water partition coefficient (Wildman–Crippen LogP) is 3.94. The van der Waals surface area contributed by atoms with Crippen molar-refractivity contribution < 1.29 is 9.18 Å². The number of nitrogens with zero attached hydrogens (tertiary/aromatic N) is 3. The number of benzene rings is 1. The molecular formula is C18H19FN4OS. The predicted molar refractivity (Wildman–Crippen MR) is 95.1 cm³/mol. The number of aromatic nitrogens is 3. The van der Waals surface area contributed by atoms with Crippen molar-refractivity contribution in [1.82, 2.24) is 14.8 Å². The highest BCUT2D eigenvalue weighted by Gasteiger charge is 2.36. The fraction of sp³-hybridized carbons (Fsp3) is 0.389. The van der Waals surface area contributed by atoms with Crippen molar-refractivity contribution in [1.29, 1.82) is 0 Å². The second-order valence-corrected chi connectivity index (χ2v) is 7.32. The monoisotopic (exact) mass is 358 g/mol. The first-order valence-electron chi connectivity index (χ1n) is 8.55. The Labute approximate surface area is 149 Å². The van der Waals surface area contributed by atoms with Crippen LogP contribution >= 0.6 is 11.8 Å². The minimum absolute atomic E-state index is 0.104. The summed E-state index contributed by atoms with van der Waals surface area (Å²) in [5, 5.41) is 8.56. The number of ketones is 1. The number of halogens is 1. The zero-order valence-corrected chi connectivity index (χ0v) is 14.8. The van der Waals surface area contributed by atoms with E-state index in [9.17, 15) is 9.18 Å². The van der Waals surface area contributed by atoms with E-state index in [4.69, 9.17) is 0 Å². The number of rotatable bonds is 4. The Morgan fingerprint density at radius 3 is 3.08 bits per heavy atom. The molecule has 0 amide bonds. The number of anilines is 1. The van der Waals surface area contributed by atoms with Gasteiger partial charge in [-0.2, -0.15) is 4.98 Å². The van der Waals surface area contributed by atoms with E-state index in [0.717, 1.165) is 36.3 Å². The minimum Gasteiger partial charge on any atom is -0.328 e.